The van der Waals surface area contributed by atoms with Gasteiger partial charge in [-0.1, -0.05) is 0 Å². The molecule has 0 atom stereocenters. The lowest BCUT2D eigenvalue weighted by atomic mass is 10.3. The summed E-state index contributed by atoms with van der Waals surface area (Å²) in [5.41, 5.74) is 0.0233. The molecule has 0 aliphatic carbocycles. The van der Waals surface area contributed by atoms with Gasteiger partial charge in [0.05, 0.1) is 124 Å². The minimum Gasteiger partial charge on any atom is -0.491 e. The summed E-state index contributed by atoms with van der Waals surface area (Å²) in [5.74, 6) is 0.553. The van der Waals surface area contributed by atoms with Gasteiger partial charge in [-0.05, 0) is 12.1 Å². The molecule has 0 heterocycles. The Kier molecular flexibility index (Phi) is 25.7. The molecule has 0 saturated heterocycles. The molecule has 0 unspecified atom stereocenters. The molecule has 14 heteroatoms. The molecule has 0 radical (unpaired) electrons. The van der Waals surface area contributed by atoms with Crippen molar-refractivity contribution in [1.29, 1.82) is 0 Å². The average molecular weight is 582 g/mol. The Balaban J connectivity index is 1.67. The van der Waals surface area contributed by atoms with Crippen molar-refractivity contribution in [2.24, 2.45) is 0 Å². The Morgan fingerprint density at radius 3 is 1.02 bits per heavy atom. The Bertz CT molecular complexity index is 686. The van der Waals surface area contributed by atoms with Gasteiger partial charge in [0.1, 0.15) is 19.0 Å². The summed E-state index contributed by atoms with van der Waals surface area (Å²) in [4.78, 5) is 10.2. The van der Waals surface area contributed by atoms with Crippen LogP contribution < -0.4 is 4.74 Å². The highest BCUT2D eigenvalue weighted by Crippen LogP contribution is 2.17. The van der Waals surface area contributed by atoms with Crippen LogP contribution in [0.1, 0.15) is 0 Å². The number of nitrogens with zero attached hydrogens (tertiary/aromatic N) is 1. The molecule has 1 aromatic rings. The molecule has 0 amide bonds. The van der Waals surface area contributed by atoms with Crippen molar-refractivity contribution >= 4 is 5.69 Å². The molecule has 0 N–H and O–H groups in total. The van der Waals surface area contributed by atoms with Crippen molar-refractivity contribution < 1.29 is 56.7 Å². The third-order valence-electron chi connectivity index (χ3n) is 4.74. The Labute approximate surface area is 235 Å². The summed E-state index contributed by atoms with van der Waals surface area (Å²) in [6, 6.07) is 5.89. The maximum atomic E-state index is 11.8. The smallest absolute Gasteiger partial charge is 0.269 e. The van der Waals surface area contributed by atoms with Crippen LogP contribution in [0.25, 0.3) is 0 Å². The molecule has 0 aliphatic heterocycles. The predicted molar refractivity (Wildman–Crippen MR) is 142 cm³/mol. The van der Waals surface area contributed by atoms with Gasteiger partial charge in [-0.2, -0.15) is 0 Å². The molecule has 1 rings (SSSR count). The van der Waals surface area contributed by atoms with Crippen LogP contribution in [0, 0.1) is 10.1 Å². The Morgan fingerprint density at radius 2 is 0.750 bits per heavy atom. The average Bonchev–Trinajstić information content (AvgIpc) is 2.96. The van der Waals surface area contributed by atoms with Crippen LogP contribution in [0.5, 0.6) is 5.75 Å². The van der Waals surface area contributed by atoms with Gasteiger partial charge in [0.15, 0.2) is 0 Å². The predicted octanol–water partition coefficient (Wildman–Crippen LogP) is 2.09. The standard InChI is InChI=1S/C26H44FNO12/c27-5-6-31-7-8-32-9-10-33-11-12-34-13-14-35-15-16-36-17-18-37-19-20-38-21-22-39-23-24-40-26-3-1-25(2-4-26)28(29)30/h1-4H,5-24H2. The molecule has 0 saturated carbocycles. The summed E-state index contributed by atoms with van der Waals surface area (Å²) in [6.07, 6.45) is 0. The van der Waals surface area contributed by atoms with E-state index in [2.05, 4.69) is 0 Å². The summed E-state index contributed by atoms with van der Waals surface area (Å²) >= 11 is 0. The van der Waals surface area contributed by atoms with Gasteiger partial charge in [-0.3, -0.25) is 10.1 Å². The van der Waals surface area contributed by atoms with Gasteiger partial charge in [0.2, 0.25) is 0 Å². The zero-order chi connectivity index (χ0) is 28.8. The van der Waals surface area contributed by atoms with Crippen LogP contribution in [0.3, 0.4) is 0 Å². The number of nitro groups is 1. The second-order valence-corrected chi connectivity index (χ2v) is 7.80. The molecule has 0 aromatic heterocycles. The third-order valence-corrected chi connectivity index (χ3v) is 4.74. The summed E-state index contributed by atoms with van der Waals surface area (Å²) in [5, 5.41) is 10.6. The number of hydrogen-bond donors (Lipinski definition) is 0. The van der Waals surface area contributed by atoms with Crippen LogP contribution in [0.4, 0.5) is 10.1 Å². The first-order valence-electron chi connectivity index (χ1n) is 13.4. The number of nitro benzene ring substituents is 1. The van der Waals surface area contributed by atoms with Crippen molar-refractivity contribution in [2.45, 2.75) is 0 Å². The molecule has 0 spiro atoms. The first-order valence-corrected chi connectivity index (χ1v) is 13.4. The van der Waals surface area contributed by atoms with E-state index in [-0.39, 0.29) is 12.3 Å². The Morgan fingerprint density at radius 1 is 0.475 bits per heavy atom. The molecule has 1 aromatic carbocycles. The molecule has 40 heavy (non-hydrogen) atoms. The number of hydrogen-bond acceptors (Lipinski definition) is 12. The second kappa shape index (κ2) is 28.5. The summed E-state index contributed by atoms with van der Waals surface area (Å²) in [7, 11) is 0. The van der Waals surface area contributed by atoms with E-state index in [1.807, 2.05) is 0 Å². The van der Waals surface area contributed by atoms with E-state index in [0.29, 0.717) is 125 Å². The van der Waals surface area contributed by atoms with Gasteiger partial charge in [0, 0.05) is 12.1 Å². The Hall–Kier alpha value is -2.01. The number of benzene rings is 1. The number of alkyl halides is 1. The topological polar surface area (TPSA) is 135 Å². The molecular formula is C26H44FNO12. The molecular weight excluding hydrogens is 537 g/mol. The maximum absolute atomic E-state index is 11.8. The highest BCUT2D eigenvalue weighted by atomic mass is 19.1. The molecule has 0 aliphatic rings. The molecule has 13 nitrogen and oxygen atoms in total. The zero-order valence-corrected chi connectivity index (χ0v) is 23.2. The van der Waals surface area contributed by atoms with Gasteiger partial charge in [-0.15, -0.1) is 0 Å². The van der Waals surface area contributed by atoms with E-state index < -0.39 is 11.6 Å². The van der Waals surface area contributed by atoms with Crippen molar-refractivity contribution in [3.8, 4) is 5.75 Å². The van der Waals surface area contributed by atoms with E-state index in [4.69, 9.17) is 47.4 Å². The van der Waals surface area contributed by atoms with Crippen LogP contribution in [-0.2, 0) is 42.6 Å². The normalized spacial score (nSPS) is 11.2. The highest BCUT2D eigenvalue weighted by Gasteiger charge is 2.04. The monoisotopic (exact) mass is 581 g/mol. The van der Waals surface area contributed by atoms with E-state index in [1.165, 1.54) is 12.1 Å². The largest absolute Gasteiger partial charge is 0.491 e. The molecule has 232 valence electrons. The summed E-state index contributed by atoms with van der Waals surface area (Å²) < 4.78 is 65.4. The van der Waals surface area contributed by atoms with Gasteiger partial charge in [0.25, 0.3) is 5.69 Å². The van der Waals surface area contributed by atoms with E-state index in [1.54, 1.807) is 12.1 Å². The SMILES string of the molecule is O=[N+]([O-])c1ccc(OCCOCCOCCOCCOCCOCCOCCOCCOCCOCCF)cc1. The lowest BCUT2D eigenvalue weighted by molar-refractivity contribution is -0.384. The van der Waals surface area contributed by atoms with Crippen molar-refractivity contribution in [2.75, 3.05) is 132 Å². The van der Waals surface area contributed by atoms with Gasteiger partial charge in [-0.25, -0.2) is 4.39 Å². The van der Waals surface area contributed by atoms with Crippen molar-refractivity contribution in [3.63, 3.8) is 0 Å². The van der Waals surface area contributed by atoms with E-state index in [9.17, 15) is 14.5 Å². The van der Waals surface area contributed by atoms with Gasteiger partial charge < -0.3 is 47.4 Å². The van der Waals surface area contributed by atoms with E-state index in [0.717, 1.165) is 0 Å². The quantitative estimate of drug-likeness (QED) is 0.0722. The zero-order valence-electron chi connectivity index (χ0n) is 23.2. The lowest BCUT2D eigenvalue weighted by Gasteiger charge is -2.09. The summed E-state index contributed by atoms with van der Waals surface area (Å²) in [6.45, 7) is 7.74. The fourth-order valence-electron chi connectivity index (χ4n) is 2.80. The molecule has 0 fully saturated rings. The van der Waals surface area contributed by atoms with Crippen molar-refractivity contribution in [3.05, 3.63) is 34.4 Å². The van der Waals surface area contributed by atoms with Crippen molar-refractivity contribution in [1.82, 2.24) is 0 Å². The number of rotatable bonds is 31. The number of halogens is 1. The lowest BCUT2D eigenvalue weighted by Crippen LogP contribution is -2.15. The number of ether oxygens (including phenoxy) is 10. The van der Waals surface area contributed by atoms with Crippen LogP contribution in [-0.4, -0.2) is 137 Å². The van der Waals surface area contributed by atoms with E-state index >= 15 is 0 Å². The fraction of sp³-hybridized carbons (Fsp3) is 0.769. The minimum absolute atomic E-state index is 0.0233. The van der Waals surface area contributed by atoms with Gasteiger partial charge >= 0.3 is 0 Å². The minimum atomic E-state index is -0.481. The second-order valence-electron chi connectivity index (χ2n) is 7.80. The van der Waals surface area contributed by atoms with Crippen LogP contribution in [0.15, 0.2) is 24.3 Å². The first-order chi connectivity index (χ1) is 19.7. The fourth-order valence-corrected chi connectivity index (χ4v) is 2.80. The van der Waals surface area contributed by atoms with Crippen LogP contribution in [0.2, 0.25) is 0 Å². The molecule has 0 bridgehead atoms. The first kappa shape index (κ1) is 36.0. The highest BCUT2D eigenvalue weighted by molar-refractivity contribution is 5.35. The maximum Gasteiger partial charge on any atom is 0.269 e. The third kappa shape index (κ3) is 23.8. The number of non-ortho nitro benzene ring substituents is 1. The van der Waals surface area contributed by atoms with Crippen LogP contribution >= 0.6 is 0 Å².